The van der Waals surface area contributed by atoms with Crippen LogP contribution in [-0.2, 0) is 4.79 Å². The molecule has 0 atom stereocenters. The molecule has 0 aliphatic carbocycles. The third-order valence-corrected chi connectivity index (χ3v) is 4.35. The molecule has 0 radical (unpaired) electrons. The molecule has 24 heavy (non-hydrogen) atoms. The van der Waals surface area contributed by atoms with E-state index in [0.29, 0.717) is 0 Å². The summed E-state index contributed by atoms with van der Waals surface area (Å²) in [7, 11) is 0. The van der Waals surface area contributed by atoms with E-state index in [-0.39, 0.29) is 11.0 Å². The van der Waals surface area contributed by atoms with E-state index in [1.165, 1.54) is 11.3 Å². The highest BCUT2D eigenvalue weighted by Crippen LogP contribution is 2.25. The monoisotopic (exact) mass is 360 g/mol. The number of fused-ring (bicyclic) bond motifs is 1. The van der Waals surface area contributed by atoms with Crippen LogP contribution >= 0.6 is 23.6 Å². The second-order valence-electron chi connectivity index (χ2n) is 6.20. The Morgan fingerprint density at radius 1 is 1.25 bits per heavy atom. The van der Waals surface area contributed by atoms with Gasteiger partial charge >= 0.3 is 0 Å². The van der Waals surface area contributed by atoms with Gasteiger partial charge in [0, 0.05) is 16.7 Å². The quantitative estimate of drug-likeness (QED) is 0.684. The molecule has 0 aliphatic heterocycles. The number of nitrogens with zero attached hydrogens (tertiary/aromatic N) is 4. The fourth-order valence-corrected chi connectivity index (χ4v) is 2.86. The molecule has 0 saturated heterocycles. The molecule has 124 valence electrons. The van der Waals surface area contributed by atoms with Crippen LogP contribution in [-0.4, -0.2) is 30.8 Å². The number of nitrogens with one attached hydrogen (secondary N) is 2. The van der Waals surface area contributed by atoms with Gasteiger partial charge in [0.25, 0.3) is 0 Å². The van der Waals surface area contributed by atoms with Crippen LogP contribution in [0.5, 0.6) is 0 Å². The van der Waals surface area contributed by atoms with Crippen molar-refractivity contribution >= 4 is 45.2 Å². The van der Waals surface area contributed by atoms with Crippen molar-refractivity contribution in [1.29, 1.82) is 0 Å². The van der Waals surface area contributed by atoms with Crippen molar-refractivity contribution in [2.75, 3.05) is 5.32 Å². The number of aromatic nitrogens is 4. The molecular weight excluding hydrogens is 344 g/mol. The van der Waals surface area contributed by atoms with Gasteiger partial charge in [0.05, 0.1) is 0 Å². The molecule has 2 heterocycles. The van der Waals surface area contributed by atoms with Crippen LogP contribution in [0.1, 0.15) is 20.8 Å². The average molecular weight is 360 g/mol. The number of thiocarbonyl (C=S) groups is 1. The average Bonchev–Trinajstić information content (AvgIpc) is 3.08. The van der Waals surface area contributed by atoms with Crippen molar-refractivity contribution in [3.8, 4) is 10.6 Å². The maximum atomic E-state index is 11.9. The lowest BCUT2D eigenvalue weighted by molar-refractivity contribution is -0.126. The molecule has 0 aliphatic rings. The zero-order valence-corrected chi connectivity index (χ0v) is 15.0. The molecule has 3 aromatic rings. The van der Waals surface area contributed by atoms with E-state index in [4.69, 9.17) is 12.2 Å². The van der Waals surface area contributed by atoms with Crippen LogP contribution < -0.4 is 10.6 Å². The Hall–Kier alpha value is -2.39. The summed E-state index contributed by atoms with van der Waals surface area (Å²) in [5, 5.41) is 19.0. The molecule has 0 fully saturated rings. The molecule has 0 spiro atoms. The molecule has 2 N–H and O–H groups in total. The predicted octanol–water partition coefficient (Wildman–Crippen LogP) is 2.71. The SMILES string of the molecule is CC(C)(C)C(=O)NC(=S)Nc1ccc(-c2nn3cnnc3s2)cc1. The van der Waals surface area contributed by atoms with Crippen molar-refractivity contribution in [2.24, 2.45) is 5.41 Å². The van der Waals surface area contributed by atoms with Gasteiger partial charge < -0.3 is 10.6 Å². The third-order valence-electron chi connectivity index (χ3n) is 3.18. The summed E-state index contributed by atoms with van der Waals surface area (Å²) < 4.78 is 1.64. The Bertz CT molecular complexity index is 862. The number of carbonyl (C=O) groups is 1. The Labute approximate surface area is 148 Å². The minimum atomic E-state index is -0.493. The molecular formula is C15H16N6OS2. The van der Waals surface area contributed by atoms with E-state index in [1.54, 1.807) is 10.8 Å². The van der Waals surface area contributed by atoms with E-state index in [2.05, 4.69) is 25.9 Å². The molecule has 1 aromatic carbocycles. The van der Waals surface area contributed by atoms with Crippen molar-refractivity contribution < 1.29 is 4.79 Å². The van der Waals surface area contributed by atoms with E-state index in [0.717, 1.165) is 21.2 Å². The van der Waals surface area contributed by atoms with Gasteiger partial charge in [0.15, 0.2) is 5.11 Å². The maximum Gasteiger partial charge on any atom is 0.234 e. The summed E-state index contributed by atoms with van der Waals surface area (Å²) in [6.07, 6.45) is 1.57. The number of hydrogen-bond acceptors (Lipinski definition) is 6. The topological polar surface area (TPSA) is 84.2 Å². The normalized spacial score (nSPS) is 11.5. The first-order valence-corrected chi connectivity index (χ1v) is 8.45. The highest BCUT2D eigenvalue weighted by atomic mass is 32.1. The minimum Gasteiger partial charge on any atom is -0.332 e. The van der Waals surface area contributed by atoms with Crippen LogP contribution in [0, 0.1) is 5.41 Å². The van der Waals surface area contributed by atoms with Gasteiger partial charge in [-0.3, -0.25) is 4.79 Å². The summed E-state index contributed by atoms with van der Waals surface area (Å²) in [5.41, 5.74) is 1.27. The molecule has 0 bridgehead atoms. The molecule has 2 aromatic heterocycles. The first-order chi connectivity index (χ1) is 11.3. The lowest BCUT2D eigenvalue weighted by Gasteiger charge is -2.18. The molecule has 0 unspecified atom stereocenters. The van der Waals surface area contributed by atoms with E-state index < -0.39 is 5.41 Å². The van der Waals surface area contributed by atoms with Gasteiger partial charge in [0.1, 0.15) is 11.3 Å². The molecule has 0 saturated carbocycles. The number of carbonyl (C=O) groups excluding carboxylic acids is 1. The van der Waals surface area contributed by atoms with Crippen LogP contribution in [0.2, 0.25) is 0 Å². The molecule has 3 rings (SSSR count). The Morgan fingerprint density at radius 2 is 1.96 bits per heavy atom. The first kappa shape index (κ1) is 16.5. The number of anilines is 1. The van der Waals surface area contributed by atoms with Crippen molar-refractivity contribution in [2.45, 2.75) is 20.8 Å². The fourth-order valence-electron chi connectivity index (χ4n) is 1.83. The predicted molar refractivity (Wildman–Crippen MR) is 97.9 cm³/mol. The molecule has 7 nitrogen and oxygen atoms in total. The Balaban J connectivity index is 1.67. The lowest BCUT2D eigenvalue weighted by Crippen LogP contribution is -2.41. The first-order valence-electron chi connectivity index (χ1n) is 7.23. The number of rotatable bonds is 2. The van der Waals surface area contributed by atoms with E-state index in [1.807, 2.05) is 45.0 Å². The molecule has 9 heteroatoms. The fraction of sp³-hybridized carbons (Fsp3) is 0.267. The van der Waals surface area contributed by atoms with E-state index >= 15 is 0 Å². The maximum absolute atomic E-state index is 11.9. The summed E-state index contributed by atoms with van der Waals surface area (Å²) in [5.74, 6) is -0.128. The van der Waals surface area contributed by atoms with Gasteiger partial charge in [0.2, 0.25) is 10.9 Å². The Morgan fingerprint density at radius 3 is 2.58 bits per heavy atom. The second-order valence-corrected chi connectivity index (χ2v) is 7.57. The van der Waals surface area contributed by atoms with Gasteiger partial charge in [-0.1, -0.05) is 32.1 Å². The minimum absolute atomic E-state index is 0.128. The third kappa shape index (κ3) is 3.57. The zero-order chi connectivity index (χ0) is 17.3. The lowest BCUT2D eigenvalue weighted by atomic mass is 9.96. The number of amides is 1. The van der Waals surface area contributed by atoms with Crippen molar-refractivity contribution in [3.63, 3.8) is 0 Å². The van der Waals surface area contributed by atoms with Crippen molar-refractivity contribution in [3.05, 3.63) is 30.6 Å². The summed E-state index contributed by atoms with van der Waals surface area (Å²) in [4.78, 5) is 12.7. The van der Waals surface area contributed by atoms with Crippen LogP contribution in [0.15, 0.2) is 30.6 Å². The van der Waals surface area contributed by atoms with Gasteiger partial charge in [-0.25, -0.2) is 0 Å². The highest BCUT2D eigenvalue weighted by molar-refractivity contribution is 7.80. The Kier molecular flexibility index (Phi) is 4.29. The van der Waals surface area contributed by atoms with Gasteiger partial charge in [-0.2, -0.15) is 9.61 Å². The van der Waals surface area contributed by atoms with Crippen LogP contribution in [0.3, 0.4) is 0 Å². The van der Waals surface area contributed by atoms with Crippen LogP contribution in [0.25, 0.3) is 15.5 Å². The number of benzene rings is 1. The summed E-state index contributed by atoms with van der Waals surface area (Å²) >= 11 is 6.63. The van der Waals surface area contributed by atoms with Crippen LogP contribution in [0.4, 0.5) is 5.69 Å². The van der Waals surface area contributed by atoms with Gasteiger partial charge in [-0.05, 0) is 36.5 Å². The standard InChI is InChI=1S/C15H16N6OS2/c1-15(2,3)12(22)18-13(23)17-10-6-4-9(5-7-10)11-20-21-8-16-19-14(21)24-11/h4-8H,1-3H3,(H2,17,18,22,23). The van der Waals surface area contributed by atoms with E-state index in [9.17, 15) is 4.79 Å². The zero-order valence-electron chi connectivity index (χ0n) is 13.4. The smallest absolute Gasteiger partial charge is 0.234 e. The number of hydrogen-bond donors (Lipinski definition) is 2. The second kappa shape index (κ2) is 6.25. The summed E-state index contributed by atoms with van der Waals surface area (Å²) in [6.45, 7) is 5.50. The van der Waals surface area contributed by atoms with Gasteiger partial charge in [-0.15, -0.1) is 10.2 Å². The summed E-state index contributed by atoms with van der Waals surface area (Å²) in [6, 6.07) is 7.63. The van der Waals surface area contributed by atoms with Crippen molar-refractivity contribution in [1.82, 2.24) is 25.1 Å². The molecule has 1 amide bonds. The highest BCUT2D eigenvalue weighted by Gasteiger charge is 2.21. The largest absolute Gasteiger partial charge is 0.332 e.